The number of pyridine rings is 1. The summed E-state index contributed by atoms with van der Waals surface area (Å²) in [5, 5.41) is 3.46. The standard InChI is InChI=1S/C14H22FN3O2S/c1-2-7-17-12-3-5-13(6-4-12)18-21(19,20)14-8-11(15)9-16-10-14/h8-10,12-13,17-18H,2-7H2,1H3. The highest BCUT2D eigenvalue weighted by atomic mass is 32.2. The molecule has 0 radical (unpaired) electrons. The fourth-order valence-electron chi connectivity index (χ4n) is 2.59. The van der Waals surface area contributed by atoms with Crippen molar-refractivity contribution in [3.63, 3.8) is 0 Å². The number of rotatable bonds is 6. The maximum Gasteiger partial charge on any atom is 0.242 e. The summed E-state index contributed by atoms with van der Waals surface area (Å²) in [5.41, 5.74) is 0. The van der Waals surface area contributed by atoms with E-state index in [0.29, 0.717) is 6.04 Å². The maximum atomic E-state index is 13.1. The fourth-order valence-corrected chi connectivity index (χ4v) is 3.87. The highest BCUT2D eigenvalue weighted by Crippen LogP contribution is 2.20. The predicted molar refractivity (Wildman–Crippen MR) is 78.9 cm³/mol. The molecule has 0 spiro atoms. The van der Waals surface area contributed by atoms with Gasteiger partial charge < -0.3 is 5.32 Å². The summed E-state index contributed by atoms with van der Waals surface area (Å²) in [7, 11) is -3.69. The molecule has 2 rings (SSSR count). The van der Waals surface area contributed by atoms with Crippen LogP contribution in [0.3, 0.4) is 0 Å². The Bertz CT molecular complexity index is 557. The lowest BCUT2D eigenvalue weighted by molar-refractivity contribution is 0.330. The minimum Gasteiger partial charge on any atom is -0.314 e. The van der Waals surface area contributed by atoms with Gasteiger partial charge in [-0.05, 0) is 44.7 Å². The van der Waals surface area contributed by atoms with Gasteiger partial charge in [-0.1, -0.05) is 6.92 Å². The predicted octanol–water partition coefficient (Wildman–Crippen LogP) is 1.81. The number of hydrogen-bond acceptors (Lipinski definition) is 4. The number of halogens is 1. The summed E-state index contributed by atoms with van der Waals surface area (Å²) in [6, 6.07) is 1.38. The van der Waals surface area contributed by atoms with Crippen LogP contribution in [0.2, 0.25) is 0 Å². The van der Waals surface area contributed by atoms with Gasteiger partial charge in [0.15, 0.2) is 0 Å². The molecule has 0 saturated heterocycles. The van der Waals surface area contributed by atoms with E-state index in [1.807, 2.05) is 0 Å². The van der Waals surface area contributed by atoms with E-state index in [2.05, 4.69) is 21.9 Å². The van der Waals surface area contributed by atoms with Crippen molar-refractivity contribution in [2.45, 2.75) is 56.0 Å². The van der Waals surface area contributed by atoms with Crippen LogP contribution in [0, 0.1) is 5.82 Å². The molecule has 0 aromatic carbocycles. The largest absolute Gasteiger partial charge is 0.314 e. The molecule has 1 aliphatic rings. The number of nitrogens with zero attached hydrogens (tertiary/aromatic N) is 1. The van der Waals surface area contributed by atoms with Gasteiger partial charge in [0.2, 0.25) is 10.0 Å². The molecule has 1 aliphatic carbocycles. The molecular formula is C14H22FN3O2S. The molecule has 0 bridgehead atoms. The van der Waals surface area contributed by atoms with Gasteiger partial charge in [-0.25, -0.2) is 17.5 Å². The van der Waals surface area contributed by atoms with E-state index < -0.39 is 15.8 Å². The number of hydrogen-bond donors (Lipinski definition) is 2. The maximum absolute atomic E-state index is 13.1. The Hall–Kier alpha value is -1.05. The zero-order valence-electron chi connectivity index (χ0n) is 12.2. The lowest BCUT2D eigenvalue weighted by Crippen LogP contribution is -2.42. The van der Waals surface area contributed by atoms with Gasteiger partial charge in [0.05, 0.1) is 6.20 Å². The second kappa shape index (κ2) is 7.29. The molecule has 0 unspecified atom stereocenters. The number of sulfonamides is 1. The van der Waals surface area contributed by atoms with Crippen molar-refractivity contribution in [1.29, 1.82) is 0 Å². The quantitative estimate of drug-likeness (QED) is 0.840. The van der Waals surface area contributed by atoms with Gasteiger partial charge in [-0.15, -0.1) is 0 Å². The van der Waals surface area contributed by atoms with E-state index in [-0.39, 0.29) is 10.9 Å². The van der Waals surface area contributed by atoms with E-state index >= 15 is 0 Å². The van der Waals surface area contributed by atoms with Gasteiger partial charge in [0, 0.05) is 18.3 Å². The summed E-state index contributed by atoms with van der Waals surface area (Å²) in [5.74, 6) is -0.648. The van der Waals surface area contributed by atoms with Gasteiger partial charge in [0.25, 0.3) is 0 Å². The van der Waals surface area contributed by atoms with Crippen LogP contribution in [0.1, 0.15) is 39.0 Å². The first-order valence-electron chi connectivity index (χ1n) is 7.37. The van der Waals surface area contributed by atoms with Crippen molar-refractivity contribution in [1.82, 2.24) is 15.0 Å². The third-order valence-electron chi connectivity index (χ3n) is 3.72. The highest BCUT2D eigenvalue weighted by molar-refractivity contribution is 7.89. The Morgan fingerprint density at radius 1 is 1.24 bits per heavy atom. The van der Waals surface area contributed by atoms with Crippen LogP contribution in [0.25, 0.3) is 0 Å². The number of aromatic nitrogens is 1. The Labute approximate surface area is 125 Å². The van der Waals surface area contributed by atoms with Crippen LogP contribution in [-0.2, 0) is 10.0 Å². The van der Waals surface area contributed by atoms with Crippen molar-refractivity contribution in [3.05, 3.63) is 24.3 Å². The smallest absolute Gasteiger partial charge is 0.242 e. The third-order valence-corrected chi connectivity index (χ3v) is 5.21. The molecule has 0 aliphatic heterocycles. The first-order chi connectivity index (χ1) is 10.0. The molecule has 0 amide bonds. The zero-order valence-corrected chi connectivity index (χ0v) is 13.0. The fraction of sp³-hybridized carbons (Fsp3) is 0.643. The molecule has 1 aromatic heterocycles. The molecule has 1 heterocycles. The van der Waals surface area contributed by atoms with Gasteiger partial charge in [0.1, 0.15) is 10.7 Å². The molecule has 0 atom stereocenters. The van der Waals surface area contributed by atoms with E-state index in [1.165, 1.54) is 6.20 Å². The summed E-state index contributed by atoms with van der Waals surface area (Å²) in [6.07, 6.45) is 6.75. The van der Waals surface area contributed by atoms with Crippen molar-refractivity contribution in [2.24, 2.45) is 0 Å². The van der Waals surface area contributed by atoms with Crippen LogP contribution >= 0.6 is 0 Å². The summed E-state index contributed by atoms with van der Waals surface area (Å²) < 4.78 is 40.1. The molecule has 1 fully saturated rings. The van der Waals surface area contributed by atoms with Gasteiger partial charge in [-0.3, -0.25) is 4.98 Å². The summed E-state index contributed by atoms with van der Waals surface area (Å²) >= 11 is 0. The Kier molecular flexibility index (Phi) is 5.66. The second-order valence-corrected chi connectivity index (χ2v) is 7.18. The number of nitrogens with one attached hydrogen (secondary N) is 2. The van der Waals surface area contributed by atoms with Crippen molar-refractivity contribution >= 4 is 10.0 Å². The minimum absolute atomic E-state index is 0.0852. The van der Waals surface area contributed by atoms with Gasteiger partial charge in [-0.2, -0.15) is 0 Å². The molecule has 21 heavy (non-hydrogen) atoms. The first kappa shape index (κ1) is 16.3. The second-order valence-electron chi connectivity index (χ2n) is 5.46. The molecule has 7 heteroatoms. The van der Waals surface area contributed by atoms with Crippen LogP contribution in [0.4, 0.5) is 4.39 Å². The Morgan fingerprint density at radius 3 is 2.52 bits per heavy atom. The van der Waals surface area contributed by atoms with E-state index in [0.717, 1.165) is 50.9 Å². The normalized spacial score (nSPS) is 23.1. The topological polar surface area (TPSA) is 71.1 Å². The average Bonchev–Trinajstić information content (AvgIpc) is 2.46. The van der Waals surface area contributed by atoms with Crippen molar-refractivity contribution in [3.8, 4) is 0 Å². The monoisotopic (exact) mass is 315 g/mol. The molecule has 5 nitrogen and oxygen atoms in total. The van der Waals surface area contributed by atoms with E-state index in [4.69, 9.17) is 0 Å². The minimum atomic E-state index is -3.69. The summed E-state index contributed by atoms with van der Waals surface area (Å²) in [6.45, 7) is 3.12. The van der Waals surface area contributed by atoms with Crippen molar-refractivity contribution < 1.29 is 12.8 Å². The Morgan fingerprint density at radius 2 is 1.90 bits per heavy atom. The van der Waals surface area contributed by atoms with Crippen LogP contribution in [-0.4, -0.2) is 32.0 Å². The molecular weight excluding hydrogens is 293 g/mol. The van der Waals surface area contributed by atoms with E-state index in [1.54, 1.807) is 0 Å². The molecule has 2 N–H and O–H groups in total. The van der Waals surface area contributed by atoms with Crippen molar-refractivity contribution in [2.75, 3.05) is 6.54 Å². The third kappa shape index (κ3) is 4.72. The van der Waals surface area contributed by atoms with Crippen LogP contribution in [0.5, 0.6) is 0 Å². The van der Waals surface area contributed by atoms with Gasteiger partial charge >= 0.3 is 0 Å². The SMILES string of the molecule is CCCNC1CCC(NS(=O)(=O)c2cncc(F)c2)CC1. The highest BCUT2D eigenvalue weighted by Gasteiger charge is 2.25. The lowest BCUT2D eigenvalue weighted by atomic mass is 9.92. The molecule has 1 aromatic rings. The van der Waals surface area contributed by atoms with Crippen LogP contribution < -0.4 is 10.0 Å². The first-order valence-corrected chi connectivity index (χ1v) is 8.86. The zero-order chi connectivity index (χ0) is 15.3. The lowest BCUT2D eigenvalue weighted by Gasteiger charge is -2.29. The summed E-state index contributed by atoms with van der Waals surface area (Å²) in [4.78, 5) is 3.47. The average molecular weight is 315 g/mol. The Balaban J connectivity index is 1.90. The molecule has 1 saturated carbocycles. The van der Waals surface area contributed by atoms with Crippen LogP contribution in [0.15, 0.2) is 23.4 Å². The van der Waals surface area contributed by atoms with E-state index in [9.17, 15) is 12.8 Å². The molecule has 118 valence electrons.